The van der Waals surface area contributed by atoms with E-state index in [-0.39, 0.29) is 6.04 Å². The van der Waals surface area contributed by atoms with Crippen LogP contribution in [0.1, 0.15) is 55.5 Å². The first-order chi connectivity index (χ1) is 14.9. The molecule has 0 bridgehead atoms. The van der Waals surface area contributed by atoms with Crippen LogP contribution in [-0.2, 0) is 22.5 Å². The van der Waals surface area contributed by atoms with Crippen molar-refractivity contribution in [1.29, 1.82) is 0 Å². The molecule has 2 aliphatic rings. The Balaban J connectivity index is 1.44. The highest BCUT2D eigenvalue weighted by Gasteiger charge is 2.38. The molecule has 1 saturated heterocycles. The van der Waals surface area contributed by atoms with E-state index in [9.17, 15) is 9.90 Å². The van der Waals surface area contributed by atoms with E-state index in [1.807, 2.05) is 24.3 Å². The van der Waals surface area contributed by atoms with Gasteiger partial charge in [-0.25, -0.2) is 4.79 Å². The van der Waals surface area contributed by atoms with Crippen LogP contribution in [0.25, 0.3) is 0 Å². The molecule has 31 heavy (non-hydrogen) atoms. The maximum atomic E-state index is 11.6. The van der Waals surface area contributed by atoms with Crippen LogP contribution >= 0.6 is 11.6 Å². The molecule has 1 aliphatic carbocycles. The number of aromatic nitrogens is 2. The predicted molar refractivity (Wildman–Crippen MR) is 121 cm³/mol. The number of rotatable bonds is 6. The zero-order valence-electron chi connectivity index (χ0n) is 18.3. The summed E-state index contributed by atoms with van der Waals surface area (Å²) in [4.78, 5) is 14.0. The van der Waals surface area contributed by atoms with Gasteiger partial charge in [-0.05, 0) is 69.7 Å². The number of carboxylic acid groups (broad SMARTS) is 1. The van der Waals surface area contributed by atoms with Crippen LogP contribution < -0.4 is 0 Å². The lowest BCUT2D eigenvalue weighted by molar-refractivity contribution is -0.162. The van der Waals surface area contributed by atoms with Crippen molar-refractivity contribution >= 4 is 17.6 Å². The third-order valence-corrected chi connectivity index (χ3v) is 7.13. The molecule has 7 heteroatoms. The summed E-state index contributed by atoms with van der Waals surface area (Å²) in [5.74, 6) is -0.377. The van der Waals surface area contributed by atoms with Crippen molar-refractivity contribution < 1.29 is 14.6 Å². The Morgan fingerprint density at radius 3 is 2.55 bits per heavy atom. The normalized spacial score (nSPS) is 27.3. The van der Waals surface area contributed by atoms with Crippen LogP contribution in [0.15, 0.2) is 30.3 Å². The van der Waals surface area contributed by atoms with Crippen LogP contribution in [0, 0.1) is 6.92 Å². The summed E-state index contributed by atoms with van der Waals surface area (Å²) < 4.78 is 7.78. The topological polar surface area (TPSA) is 67.6 Å². The Morgan fingerprint density at radius 1 is 1.23 bits per heavy atom. The van der Waals surface area contributed by atoms with Gasteiger partial charge >= 0.3 is 5.97 Å². The molecule has 1 aromatic carbocycles. The van der Waals surface area contributed by atoms with Gasteiger partial charge in [-0.3, -0.25) is 9.58 Å². The fourth-order valence-corrected chi connectivity index (χ4v) is 5.27. The lowest BCUT2D eigenvalue weighted by Crippen LogP contribution is -2.57. The first-order valence-corrected chi connectivity index (χ1v) is 11.7. The summed E-state index contributed by atoms with van der Waals surface area (Å²) in [6.07, 6.45) is 4.39. The Labute approximate surface area is 189 Å². The van der Waals surface area contributed by atoms with Gasteiger partial charge in [-0.1, -0.05) is 23.7 Å². The summed E-state index contributed by atoms with van der Waals surface area (Å²) in [5, 5.41) is 15.1. The number of aliphatic carboxylic acids is 1. The van der Waals surface area contributed by atoms with E-state index < -0.39 is 12.1 Å². The number of nitrogens with zero attached hydrogens (tertiary/aromatic N) is 3. The number of morpholine rings is 1. The van der Waals surface area contributed by atoms with Gasteiger partial charge in [0.05, 0.1) is 12.3 Å². The maximum Gasteiger partial charge on any atom is 0.334 e. The second kappa shape index (κ2) is 9.72. The van der Waals surface area contributed by atoms with Gasteiger partial charge < -0.3 is 9.84 Å². The van der Waals surface area contributed by atoms with Crippen molar-refractivity contribution in [3.8, 4) is 0 Å². The van der Waals surface area contributed by atoms with Crippen molar-refractivity contribution in [1.82, 2.24) is 14.7 Å². The summed E-state index contributed by atoms with van der Waals surface area (Å²) >= 11 is 6.04. The quantitative estimate of drug-likeness (QED) is 0.718. The smallest absolute Gasteiger partial charge is 0.334 e. The number of ether oxygens (including phenoxy) is 1. The number of halogens is 1. The Hall–Kier alpha value is -1.89. The molecule has 168 valence electrons. The molecule has 1 saturated carbocycles. The average molecular weight is 446 g/mol. The zero-order chi connectivity index (χ0) is 22.0. The summed E-state index contributed by atoms with van der Waals surface area (Å²) in [6.45, 7) is 6.04. The van der Waals surface area contributed by atoms with E-state index >= 15 is 0 Å². The summed E-state index contributed by atoms with van der Waals surface area (Å²) in [6, 6.07) is 10.7. The van der Waals surface area contributed by atoms with E-state index in [1.54, 1.807) is 0 Å². The first kappa shape index (κ1) is 22.3. The van der Waals surface area contributed by atoms with E-state index in [1.165, 1.54) is 17.0 Å². The summed E-state index contributed by atoms with van der Waals surface area (Å²) in [5.41, 5.74) is 3.63. The highest BCUT2D eigenvalue weighted by Crippen LogP contribution is 2.36. The Morgan fingerprint density at radius 2 is 1.94 bits per heavy atom. The summed E-state index contributed by atoms with van der Waals surface area (Å²) in [7, 11) is 0. The van der Waals surface area contributed by atoms with Crippen LogP contribution in [0.3, 0.4) is 0 Å². The van der Waals surface area contributed by atoms with Gasteiger partial charge in [0.1, 0.15) is 0 Å². The minimum absolute atomic E-state index is 0.180. The number of carbonyl (C=O) groups is 1. The van der Waals surface area contributed by atoms with Crippen LogP contribution in [0.4, 0.5) is 0 Å². The number of carboxylic acids is 1. The van der Waals surface area contributed by atoms with Crippen molar-refractivity contribution in [2.24, 2.45) is 0 Å². The predicted octanol–water partition coefficient (Wildman–Crippen LogP) is 4.29. The molecule has 0 radical (unpaired) electrons. The minimum Gasteiger partial charge on any atom is -0.479 e. The molecule has 1 aromatic heterocycles. The molecule has 2 fully saturated rings. The molecule has 1 N–H and O–H groups in total. The van der Waals surface area contributed by atoms with Crippen LogP contribution in [0.5, 0.6) is 0 Å². The first-order valence-electron chi connectivity index (χ1n) is 11.3. The van der Waals surface area contributed by atoms with Crippen LogP contribution in [0.2, 0.25) is 5.02 Å². The average Bonchev–Trinajstić information content (AvgIpc) is 3.16. The molecule has 2 unspecified atom stereocenters. The van der Waals surface area contributed by atoms with E-state index in [2.05, 4.69) is 29.5 Å². The number of aryl methyl sites for hydroxylation is 2. The van der Waals surface area contributed by atoms with E-state index in [0.717, 1.165) is 43.7 Å². The molecule has 2 aromatic rings. The molecule has 2 atom stereocenters. The molecule has 6 nitrogen and oxygen atoms in total. The largest absolute Gasteiger partial charge is 0.479 e. The van der Waals surface area contributed by atoms with Gasteiger partial charge in [0.2, 0.25) is 0 Å². The second-order valence-corrected chi connectivity index (χ2v) is 9.31. The van der Waals surface area contributed by atoms with Crippen molar-refractivity contribution in [2.45, 2.75) is 76.6 Å². The fraction of sp³-hybridized carbons (Fsp3) is 0.583. The zero-order valence-corrected chi connectivity index (χ0v) is 19.1. The van der Waals surface area contributed by atoms with Gasteiger partial charge in [0.15, 0.2) is 6.10 Å². The lowest BCUT2D eigenvalue weighted by atomic mass is 9.82. The number of hydrogen-bond acceptors (Lipinski definition) is 4. The molecular formula is C24H32ClN3O3. The van der Waals surface area contributed by atoms with Gasteiger partial charge in [0, 0.05) is 41.8 Å². The highest BCUT2D eigenvalue weighted by molar-refractivity contribution is 6.30. The number of hydrogen-bond donors (Lipinski definition) is 1. The lowest BCUT2D eigenvalue weighted by Gasteiger charge is -2.45. The second-order valence-electron chi connectivity index (χ2n) is 8.87. The molecule has 4 rings (SSSR count). The highest BCUT2D eigenvalue weighted by atomic mass is 35.5. The fourth-order valence-electron chi connectivity index (χ4n) is 5.14. The standard InChI is InChI=1S/C24H32ClN3O3/c1-3-28-16(2)12-22(26-28)18-6-10-20(11-7-18)27-14-23(24(29)30)31-15-21(27)13-17-4-8-19(25)9-5-17/h4-5,8-9,12,18,20-21,23H,3,6-7,10-11,13-15H2,1-2H3,(H,29,30). The third kappa shape index (κ3) is 5.13. The Kier molecular flexibility index (Phi) is 6.99. The molecular weight excluding hydrogens is 414 g/mol. The van der Waals surface area contributed by atoms with Crippen molar-refractivity contribution in [2.75, 3.05) is 13.2 Å². The monoisotopic (exact) mass is 445 g/mol. The molecule has 2 heterocycles. The number of benzene rings is 1. The van der Waals surface area contributed by atoms with Crippen molar-refractivity contribution in [3.05, 3.63) is 52.3 Å². The van der Waals surface area contributed by atoms with Crippen LogP contribution in [-0.4, -0.2) is 57.1 Å². The van der Waals surface area contributed by atoms with Crippen molar-refractivity contribution in [3.63, 3.8) is 0 Å². The molecule has 0 amide bonds. The van der Waals surface area contributed by atoms with E-state index in [0.29, 0.717) is 25.1 Å². The van der Waals surface area contributed by atoms with Gasteiger partial charge in [0.25, 0.3) is 0 Å². The maximum absolute atomic E-state index is 11.6. The van der Waals surface area contributed by atoms with E-state index in [4.69, 9.17) is 21.4 Å². The Bertz CT molecular complexity index is 890. The van der Waals surface area contributed by atoms with Gasteiger partial charge in [-0.2, -0.15) is 5.10 Å². The minimum atomic E-state index is -0.871. The molecule has 1 aliphatic heterocycles. The SMILES string of the molecule is CCn1nc(C2CCC(N3CC(C(=O)O)OCC3Cc3ccc(Cl)cc3)CC2)cc1C. The third-order valence-electron chi connectivity index (χ3n) is 6.88. The molecule has 0 spiro atoms. The van der Waals surface area contributed by atoms with Gasteiger partial charge in [-0.15, -0.1) is 0 Å².